The molecule has 4 aromatic rings. The van der Waals surface area contributed by atoms with Gasteiger partial charge in [-0.3, -0.25) is 4.79 Å². The molecule has 4 rings (SSSR count). The van der Waals surface area contributed by atoms with E-state index in [0.717, 1.165) is 22.8 Å². The molecule has 0 unspecified atom stereocenters. The number of nitrogens with zero attached hydrogens (tertiary/aromatic N) is 3. The summed E-state index contributed by atoms with van der Waals surface area (Å²) in [5.74, 6) is 0.797. The number of carbonyl (C=O) groups excluding carboxylic acids is 2. The average Bonchev–Trinajstić information content (AvgIpc) is 3.39. The number of aromatic nitrogens is 3. The van der Waals surface area contributed by atoms with E-state index >= 15 is 0 Å². The third-order valence-electron chi connectivity index (χ3n) is 5.36. The number of hydrazone groups is 1. The van der Waals surface area contributed by atoms with E-state index in [-0.39, 0.29) is 11.7 Å². The third kappa shape index (κ3) is 7.14. The first-order chi connectivity index (χ1) is 19.0. The van der Waals surface area contributed by atoms with Crippen LogP contribution in [0.15, 0.2) is 83.1 Å². The molecular formula is C27H25N5O6S. The first kappa shape index (κ1) is 27.2. The van der Waals surface area contributed by atoms with Crippen LogP contribution in [0.25, 0.3) is 17.1 Å². The number of aromatic amines is 1. The molecule has 0 fully saturated rings. The number of benzene rings is 3. The molecule has 1 amide bonds. The van der Waals surface area contributed by atoms with Crippen LogP contribution in [0.1, 0.15) is 5.56 Å². The molecule has 0 aliphatic rings. The molecule has 39 heavy (non-hydrogen) atoms. The molecule has 1 aromatic heterocycles. The highest BCUT2D eigenvalue weighted by Gasteiger charge is 2.24. The number of H-pyrrole nitrogens is 1. The summed E-state index contributed by atoms with van der Waals surface area (Å²) in [7, 11) is 3.21. The molecule has 0 saturated heterocycles. The van der Waals surface area contributed by atoms with E-state index in [0.29, 0.717) is 22.2 Å². The molecule has 0 radical (unpaired) electrons. The molecule has 0 spiro atoms. The van der Waals surface area contributed by atoms with Gasteiger partial charge in [0, 0.05) is 5.56 Å². The Morgan fingerprint density at radius 2 is 1.69 bits per heavy atom. The van der Waals surface area contributed by atoms with Crippen molar-refractivity contribution >= 4 is 29.9 Å². The highest BCUT2D eigenvalue weighted by atomic mass is 32.2. The van der Waals surface area contributed by atoms with E-state index in [2.05, 4.69) is 20.7 Å². The Hall–Kier alpha value is -4.84. The third-order valence-corrected chi connectivity index (χ3v) is 6.29. The lowest BCUT2D eigenvalue weighted by atomic mass is 10.2. The number of methoxy groups -OCH3 is 2. The largest absolute Gasteiger partial charge is 0.546 e. The lowest BCUT2D eigenvalue weighted by Crippen LogP contribution is -2.34. The van der Waals surface area contributed by atoms with Crippen molar-refractivity contribution in [3.05, 3.63) is 78.4 Å². The topological polar surface area (TPSA) is 142 Å². The molecular weight excluding hydrogens is 522 g/mol. The number of aliphatic carboxylic acids is 1. The van der Waals surface area contributed by atoms with Gasteiger partial charge in [-0.1, -0.05) is 12.1 Å². The van der Waals surface area contributed by atoms with Gasteiger partial charge < -0.3 is 24.1 Å². The van der Waals surface area contributed by atoms with Gasteiger partial charge in [-0.2, -0.15) is 9.67 Å². The van der Waals surface area contributed by atoms with Gasteiger partial charge in [0.25, 0.3) is 11.7 Å². The van der Waals surface area contributed by atoms with Crippen molar-refractivity contribution in [2.45, 2.75) is 5.16 Å². The monoisotopic (exact) mass is 547 g/mol. The van der Waals surface area contributed by atoms with E-state index in [4.69, 9.17) is 14.2 Å². The smallest absolute Gasteiger partial charge is 0.342 e. The van der Waals surface area contributed by atoms with E-state index in [9.17, 15) is 14.7 Å². The van der Waals surface area contributed by atoms with Crippen molar-refractivity contribution in [3.8, 4) is 34.3 Å². The van der Waals surface area contributed by atoms with Gasteiger partial charge in [-0.15, -0.1) is 5.10 Å². The maximum Gasteiger partial charge on any atom is 0.342 e. The molecule has 0 atom stereocenters. The van der Waals surface area contributed by atoms with Gasteiger partial charge in [0.15, 0.2) is 0 Å². The average molecular weight is 548 g/mol. The first-order valence-corrected chi connectivity index (χ1v) is 12.6. The second-order valence-electron chi connectivity index (χ2n) is 7.90. The molecule has 12 heteroatoms. The summed E-state index contributed by atoms with van der Waals surface area (Å²) in [6.45, 7) is -0.593. The number of carbonyl (C=O) groups is 2. The van der Waals surface area contributed by atoms with Gasteiger partial charge in [-0.05, 0) is 72.4 Å². The summed E-state index contributed by atoms with van der Waals surface area (Å²) in [6, 6.07) is 21.7. The standard InChI is InChI=1S/C27H25N5O6S/c1-36-21-11-7-18(8-12-21)26-30-31-27(32(26)20-9-13-22(37-2)14-10-20)39-17-24(33)29-28-15-19-5-3-4-6-23(19)38-16-25(34)35/h3-15H,16-17H2,1-2H3,(H2,29,33,34,35). The molecule has 2 N–H and O–H groups in total. The Morgan fingerprint density at radius 1 is 1.03 bits per heavy atom. The van der Waals surface area contributed by atoms with Gasteiger partial charge >= 0.3 is 5.16 Å². The SMILES string of the molecule is COc1ccc(-c2[nH]nc(SCC(=O)NN=Cc3ccccc3OCC(=O)[O-])[n+]2-c2ccc(OC)cc2)cc1. The Kier molecular flexibility index (Phi) is 9.14. The number of carboxylic acid groups (broad SMARTS) is 1. The maximum absolute atomic E-state index is 12.5. The number of ether oxygens (including phenoxy) is 3. The minimum Gasteiger partial charge on any atom is -0.546 e. The van der Waals surface area contributed by atoms with Crippen LogP contribution in [0.5, 0.6) is 17.2 Å². The van der Waals surface area contributed by atoms with Crippen LogP contribution in [0.3, 0.4) is 0 Å². The Balaban J connectivity index is 1.48. The van der Waals surface area contributed by atoms with Gasteiger partial charge in [0.1, 0.15) is 29.5 Å². The van der Waals surface area contributed by atoms with Crippen LogP contribution in [0.4, 0.5) is 0 Å². The Labute approximate surface area is 228 Å². The van der Waals surface area contributed by atoms with Crippen molar-refractivity contribution in [1.82, 2.24) is 15.6 Å². The van der Waals surface area contributed by atoms with Crippen LogP contribution in [-0.4, -0.2) is 54.9 Å². The highest BCUT2D eigenvalue weighted by Crippen LogP contribution is 2.23. The zero-order valence-corrected chi connectivity index (χ0v) is 21.9. The van der Waals surface area contributed by atoms with E-state index in [1.54, 1.807) is 38.5 Å². The summed E-state index contributed by atoms with van der Waals surface area (Å²) in [4.78, 5) is 23.2. The molecule has 200 valence electrons. The van der Waals surface area contributed by atoms with Crippen LogP contribution < -0.4 is 29.3 Å². The quantitative estimate of drug-likeness (QED) is 0.118. The zero-order chi connectivity index (χ0) is 27.6. The van der Waals surface area contributed by atoms with Crippen molar-refractivity contribution in [1.29, 1.82) is 0 Å². The summed E-state index contributed by atoms with van der Waals surface area (Å²) >= 11 is 1.23. The molecule has 1 heterocycles. The maximum atomic E-state index is 12.5. The van der Waals surface area contributed by atoms with Crippen molar-refractivity contribution in [2.75, 3.05) is 26.6 Å². The van der Waals surface area contributed by atoms with Crippen LogP contribution in [-0.2, 0) is 9.59 Å². The number of para-hydroxylation sites is 1. The minimum atomic E-state index is -1.34. The second-order valence-corrected chi connectivity index (χ2v) is 8.84. The van der Waals surface area contributed by atoms with Crippen LogP contribution in [0.2, 0.25) is 0 Å². The van der Waals surface area contributed by atoms with Crippen molar-refractivity contribution in [3.63, 3.8) is 0 Å². The molecule has 11 nitrogen and oxygen atoms in total. The lowest BCUT2D eigenvalue weighted by molar-refractivity contribution is -0.625. The highest BCUT2D eigenvalue weighted by molar-refractivity contribution is 7.99. The number of hydrogen-bond donors (Lipinski definition) is 2. The second kappa shape index (κ2) is 13.1. The fourth-order valence-corrected chi connectivity index (χ4v) is 4.26. The Bertz CT molecular complexity index is 1450. The number of rotatable bonds is 12. The first-order valence-electron chi connectivity index (χ1n) is 11.6. The van der Waals surface area contributed by atoms with E-state index < -0.39 is 12.6 Å². The van der Waals surface area contributed by atoms with Crippen LogP contribution in [0, 0.1) is 0 Å². The minimum absolute atomic E-state index is 0.0310. The van der Waals surface area contributed by atoms with Gasteiger partial charge in [0.05, 0.1) is 42.8 Å². The molecule has 0 saturated carbocycles. The summed E-state index contributed by atoms with van der Waals surface area (Å²) in [5, 5.41) is 22.7. The zero-order valence-electron chi connectivity index (χ0n) is 21.1. The predicted molar refractivity (Wildman–Crippen MR) is 142 cm³/mol. The lowest BCUT2D eigenvalue weighted by Gasteiger charge is -2.09. The van der Waals surface area contributed by atoms with E-state index in [1.807, 2.05) is 53.1 Å². The van der Waals surface area contributed by atoms with Gasteiger partial charge in [0.2, 0.25) is 0 Å². The molecule has 0 aliphatic heterocycles. The number of thioether (sulfide) groups is 1. The van der Waals surface area contributed by atoms with E-state index in [1.165, 1.54) is 18.0 Å². The number of hydrogen-bond acceptors (Lipinski definition) is 9. The number of amides is 1. The normalized spacial score (nSPS) is 10.8. The number of nitrogens with one attached hydrogen (secondary N) is 2. The summed E-state index contributed by atoms with van der Waals surface area (Å²) < 4.78 is 17.6. The fourth-order valence-electron chi connectivity index (χ4n) is 3.50. The molecule has 3 aromatic carbocycles. The molecule has 0 bridgehead atoms. The molecule has 0 aliphatic carbocycles. The van der Waals surface area contributed by atoms with Gasteiger partial charge in [-0.25, -0.2) is 5.43 Å². The summed E-state index contributed by atoms with van der Waals surface area (Å²) in [6.07, 6.45) is 1.38. The number of carboxylic acids is 1. The predicted octanol–water partition coefficient (Wildman–Crippen LogP) is 1.74. The fraction of sp³-hybridized carbons (Fsp3) is 0.148. The Morgan fingerprint density at radius 3 is 2.36 bits per heavy atom. The summed E-state index contributed by atoms with van der Waals surface area (Å²) in [5.41, 5.74) is 4.67. The van der Waals surface area contributed by atoms with Crippen molar-refractivity contribution in [2.24, 2.45) is 5.10 Å². The van der Waals surface area contributed by atoms with Crippen LogP contribution >= 0.6 is 11.8 Å². The van der Waals surface area contributed by atoms with Crippen molar-refractivity contribution < 1.29 is 33.5 Å².